The summed E-state index contributed by atoms with van der Waals surface area (Å²) in [6.07, 6.45) is 2.57. The Morgan fingerprint density at radius 2 is 2.11 bits per heavy atom. The second-order valence-corrected chi connectivity index (χ2v) is 14.8. The fourth-order valence-corrected chi connectivity index (χ4v) is 7.81. The molecule has 0 aromatic heterocycles. The first-order valence-electron chi connectivity index (χ1n) is 13.1. The summed E-state index contributed by atoms with van der Waals surface area (Å²) in [4.78, 5) is 27.5. The molecule has 36 heavy (non-hydrogen) atoms. The number of hydrogen-bond acceptors (Lipinski definition) is 6. The minimum absolute atomic E-state index is 0.0511. The van der Waals surface area contributed by atoms with Crippen LogP contribution in [-0.4, -0.2) is 75.2 Å². The lowest BCUT2D eigenvalue weighted by molar-refractivity contribution is -0.133. The van der Waals surface area contributed by atoms with Gasteiger partial charge in [-0.25, -0.2) is 0 Å². The predicted octanol–water partition coefficient (Wildman–Crippen LogP) is 3.38. The van der Waals surface area contributed by atoms with Crippen LogP contribution in [0.15, 0.2) is 18.2 Å². The van der Waals surface area contributed by atoms with Crippen molar-refractivity contribution in [3.8, 4) is 5.75 Å². The van der Waals surface area contributed by atoms with E-state index < -0.39 is 20.1 Å². The van der Waals surface area contributed by atoms with Crippen LogP contribution in [0, 0.1) is 5.92 Å². The number of benzene rings is 1. The second-order valence-electron chi connectivity index (χ2n) is 10.9. The Kier molecular flexibility index (Phi) is 8.38. The molecule has 1 unspecified atom stereocenters. The number of aliphatic hydroxyl groups is 1. The number of nitrogens with one attached hydrogen (secondary N) is 2. The molecule has 2 saturated heterocycles. The van der Waals surface area contributed by atoms with Gasteiger partial charge in [0, 0.05) is 42.8 Å². The van der Waals surface area contributed by atoms with E-state index in [4.69, 9.17) is 9.47 Å². The van der Waals surface area contributed by atoms with Crippen LogP contribution in [-0.2, 0) is 14.3 Å². The highest BCUT2D eigenvalue weighted by atomic mass is 28.4. The van der Waals surface area contributed by atoms with Gasteiger partial charge in [-0.15, -0.1) is 0 Å². The summed E-state index contributed by atoms with van der Waals surface area (Å²) in [7, 11) is -1.71. The SMILES string of the molecule is CO[C@H]1c2cc(NC(=O)[C@H]3CCCN3)ccc2O[C@@H](C(CC(=O)N2CCC[C@H]2CO)[Si](C)(C)F)[C@@H]1C. The van der Waals surface area contributed by atoms with Gasteiger partial charge >= 0.3 is 0 Å². The van der Waals surface area contributed by atoms with E-state index in [2.05, 4.69) is 10.6 Å². The highest BCUT2D eigenvalue weighted by Gasteiger charge is 2.49. The smallest absolute Gasteiger partial charge is 0.248 e. The van der Waals surface area contributed by atoms with Crippen LogP contribution < -0.4 is 15.4 Å². The summed E-state index contributed by atoms with van der Waals surface area (Å²) in [6.45, 7) is 6.60. The summed E-state index contributed by atoms with van der Waals surface area (Å²) < 4.78 is 28.0. The van der Waals surface area contributed by atoms with Crippen LogP contribution in [0.25, 0.3) is 0 Å². The predicted molar refractivity (Wildman–Crippen MR) is 138 cm³/mol. The highest BCUT2D eigenvalue weighted by molar-refractivity contribution is 6.72. The maximum absolute atomic E-state index is 15.7. The standard InChI is InChI=1S/C26H40FN3O5Si/c1-16-24(34-2)19-13-17(29-26(33)20-8-5-11-28-20)9-10-21(19)35-25(16)22(36(3,4)27)14-23(32)30-12-6-7-18(30)15-31/h9-10,13,16,18,20,22,24-25,28,31H,5-8,11-12,14-15H2,1-4H3,(H,29,33)/t16-,18+,20-,22?,24-,25-/m1/s1. The van der Waals surface area contributed by atoms with E-state index in [0.29, 0.717) is 18.0 Å². The number of carbonyl (C=O) groups is 2. The van der Waals surface area contributed by atoms with Crippen LogP contribution in [0.3, 0.4) is 0 Å². The summed E-state index contributed by atoms with van der Waals surface area (Å²) in [5.74, 6) is 0.199. The Labute approximate surface area is 214 Å². The zero-order chi connectivity index (χ0) is 26.0. The minimum Gasteiger partial charge on any atom is -0.490 e. The van der Waals surface area contributed by atoms with Crippen molar-refractivity contribution >= 4 is 25.9 Å². The van der Waals surface area contributed by atoms with Crippen molar-refractivity contribution in [3.63, 3.8) is 0 Å². The normalized spacial score (nSPS) is 28.9. The van der Waals surface area contributed by atoms with Gasteiger partial charge in [-0.3, -0.25) is 9.59 Å². The Bertz CT molecular complexity index is 952. The Balaban J connectivity index is 1.55. The molecule has 6 atom stereocenters. The molecule has 8 nitrogen and oxygen atoms in total. The molecule has 0 saturated carbocycles. The van der Waals surface area contributed by atoms with Gasteiger partial charge in [0.15, 0.2) is 0 Å². The Morgan fingerprint density at radius 1 is 1.33 bits per heavy atom. The van der Waals surface area contributed by atoms with E-state index in [0.717, 1.165) is 37.8 Å². The molecule has 3 aliphatic heterocycles. The molecule has 1 aromatic carbocycles. The van der Waals surface area contributed by atoms with E-state index >= 15 is 4.11 Å². The molecule has 2 amide bonds. The van der Waals surface area contributed by atoms with E-state index in [9.17, 15) is 14.7 Å². The first kappa shape index (κ1) is 27.0. The number of carbonyl (C=O) groups excluding carboxylic acids is 2. The number of nitrogens with zero attached hydrogens (tertiary/aromatic N) is 1. The fourth-order valence-electron chi connectivity index (χ4n) is 6.00. The van der Waals surface area contributed by atoms with Crippen LogP contribution in [0.5, 0.6) is 5.75 Å². The number of aliphatic hydroxyl groups excluding tert-OH is 1. The summed E-state index contributed by atoms with van der Waals surface area (Å²) in [6, 6.07) is 5.09. The van der Waals surface area contributed by atoms with Gasteiger partial charge in [0.1, 0.15) is 11.9 Å². The molecule has 3 aliphatic rings. The summed E-state index contributed by atoms with van der Waals surface area (Å²) in [5.41, 5.74) is 0.903. The Morgan fingerprint density at radius 3 is 2.75 bits per heavy atom. The largest absolute Gasteiger partial charge is 0.490 e. The van der Waals surface area contributed by atoms with Gasteiger partial charge in [-0.2, -0.15) is 0 Å². The van der Waals surface area contributed by atoms with E-state index in [1.54, 1.807) is 37.2 Å². The first-order valence-corrected chi connectivity index (χ1v) is 16.1. The third kappa shape index (κ3) is 5.61. The van der Waals surface area contributed by atoms with Crippen LogP contribution in [0.1, 0.15) is 50.7 Å². The van der Waals surface area contributed by atoms with Crippen molar-refractivity contribution < 1.29 is 28.3 Å². The molecule has 2 fully saturated rings. The number of methoxy groups -OCH3 is 1. The molecule has 3 heterocycles. The van der Waals surface area contributed by atoms with Gasteiger partial charge in [0.2, 0.25) is 20.2 Å². The second kappa shape index (κ2) is 11.2. The van der Waals surface area contributed by atoms with Crippen molar-refractivity contribution in [1.29, 1.82) is 0 Å². The van der Waals surface area contributed by atoms with Crippen molar-refractivity contribution in [1.82, 2.24) is 10.2 Å². The molecule has 200 valence electrons. The van der Waals surface area contributed by atoms with Gasteiger partial charge in [0.25, 0.3) is 0 Å². The number of likely N-dealkylation sites (tertiary alicyclic amines) is 1. The zero-order valence-electron chi connectivity index (χ0n) is 21.8. The van der Waals surface area contributed by atoms with Crippen molar-refractivity contribution in [2.24, 2.45) is 5.92 Å². The number of fused-ring (bicyclic) bond motifs is 1. The van der Waals surface area contributed by atoms with E-state index in [1.807, 2.05) is 13.0 Å². The van der Waals surface area contributed by atoms with Crippen LogP contribution in [0.2, 0.25) is 18.6 Å². The third-order valence-corrected chi connectivity index (χ3v) is 10.4. The minimum atomic E-state index is -3.33. The molecule has 4 rings (SSSR count). The quantitative estimate of drug-likeness (QED) is 0.358. The average molecular weight is 522 g/mol. The summed E-state index contributed by atoms with van der Waals surface area (Å²) in [5, 5.41) is 15.8. The topological polar surface area (TPSA) is 100 Å². The summed E-state index contributed by atoms with van der Waals surface area (Å²) >= 11 is 0. The highest BCUT2D eigenvalue weighted by Crippen LogP contribution is 2.48. The first-order chi connectivity index (χ1) is 17.1. The van der Waals surface area contributed by atoms with Gasteiger partial charge in [-0.1, -0.05) is 6.92 Å². The number of amides is 2. The molecule has 10 heteroatoms. The van der Waals surface area contributed by atoms with Crippen molar-refractivity contribution in [2.45, 2.75) is 82.0 Å². The van der Waals surface area contributed by atoms with Gasteiger partial charge in [-0.05, 0) is 63.5 Å². The van der Waals surface area contributed by atoms with E-state index in [1.165, 1.54) is 0 Å². The Hall–Kier alpha value is -2.01. The molecule has 3 N–H and O–H groups in total. The fraction of sp³-hybridized carbons (Fsp3) is 0.692. The number of anilines is 1. The molecule has 0 radical (unpaired) electrons. The van der Waals surface area contributed by atoms with Crippen LogP contribution >= 0.6 is 0 Å². The molecule has 0 spiro atoms. The molecular weight excluding hydrogens is 481 g/mol. The zero-order valence-corrected chi connectivity index (χ0v) is 22.8. The lowest BCUT2D eigenvalue weighted by Crippen LogP contribution is -2.48. The lowest BCUT2D eigenvalue weighted by Gasteiger charge is -2.43. The number of hydrogen-bond donors (Lipinski definition) is 3. The van der Waals surface area contributed by atoms with Gasteiger partial charge in [0.05, 0.1) is 24.8 Å². The van der Waals surface area contributed by atoms with Crippen molar-refractivity contribution in [2.75, 3.05) is 32.1 Å². The monoisotopic (exact) mass is 521 g/mol. The maximum Gasteiger partial charge on any atom is 0.248 e. The van der Waals surface area contributed by atoms with Gasteiger partial charge < -0.3 is 34.2 Å². The number of halogens is 1. The maximum atomic E-state index is 15.7. The number of rotatable bonds is 8. The molecule has 1 aromatic rings. The van der Waals surface area contributed by atoms with Crippen molar-refractivity contribution in [3.05, 3.63) is 23.8 Å². The lowest BCUT2D eigenvalue weighted by atomic mass is 9.86. The van der Waals surface area contributed by atoms with E-state index in [-0.39, 0.29) is 48.9 Å². The number of ether oxygens (including phenoxy) is 2. The molecular formula is C26H40FN3O5Si. The molecule has 0 bridgehead atoms. The average Bonchev–Trinajstić information content (AvgIpc) is 3.54. The van der Waals surface area contributed by atoms with Crippen LogP contribution in [0.4, 0.5) is 9.80 Å². The molecule has 0 aliphatic carbocycles. The third-order valence-electron chi connectivity index (χ3n) is 8.05.